The number of nitrogens with one attached hydrogen (secondary N) is 1. The molecule has 1 fully saturated rings. The first-order valence-corrected chi connectivity index (χ1v) is 12.0. The summed E-state index contributed by atoms with van der Waals surface area (Å²) in [6, 6.07) is 13.6. The van der Waals surface area contributed by atoms with Gasteiger partial charge in [-0.05, 0) is 60.7 Å². The van der Waals surface area contributed by atoms with Crippen molar-refractivity contribution in [2.45, 2.75) is 32.1 Å². The van der Waals surface area contributed by atoms with Crippen LogP contribution in [0.4, 0.5) is 0 Å². The molecule has 0 aromatic heterocycles. The zero-order chi connectivity index (χ0) is 20.6. The highest BCUT2D eigenvalue weighted by Crippen LogP contribution is 2.24. The number of nitrogens with zero attached hydrogens (tertiary/aromatic N) is 1. The summed E-state index contributed by atoms with van der Waals surface area (Å²) in [4.78, 5) is 14.9. The molecule has 6 heteroatoms. The van der Waals surface area contributed by atoms with Gasteiger partial charge in [0.25, 0.3) is 5.91 Å². The van der Waals surface area contributed by atoms with Gasteiger partial charge in [0.1, 0.15) is 0 Å². The number of benzene rings is 2. The molecule has 29 heavy (non-hydrogen) atoms. The van der Waals surface area contributed by atoms with Crippen LogP contribution < -0.4 is 5.32 Å². The van der Waals surface area contributed by atoms with Crippen molar-refractivity contribution in [1.29, 1.82) is 0 Å². The topological polar surface area (TPSA) is 32.3 Å². The number of likely N-dealkylation sites (tertiary alicyclic amines) is 1. The van der Waals surface area contributed by atoms with Gasteiger partial charge in [-0.25, -0.2) is 0 Å². The van der Waals surface area contributed by atoms with Gasteiger partial charge in [-0.15, -0.1) is 0 Å². The van der Waals surface area contributed by atoms with E-state index in [9.17, 15) is 4.79 Å². The molecule has 3 rings (SSSR count). The highest BCUT2D eigenvalue weighted by atomic mass is 35.5. The summed E-state index contributed by atoms with van der Waals surface area (Å²) < 4.78 is 0. The van der Waals surface area contributed by atoms with E-state index in [0.717, 1.165) is 29.5 Å². The van der Waals surface area contributed by atoms with E-state index in [4.69, 9.17) is 23.2 Å². The average molecular weight is 451 g/mol. The molecule has 3 nitrogen and oxygen atoms in total. The zero-order valence-corrected chi connectivity index (χ0v) is 19.1. The van der Waals surface area contributed by atoms with Gasteiger partial charge in [-0.1, -0.05) is 48.3 Å². The van der Waals surface area contributed by atoms with Crippen LogP contribution in [0.2, 0.25) is 10.0 Å². The number of carbonyl (C=O) groups is 1. The Bertz CT molecular complexity index is 813. The first kappa shape index (κ1) is 22.5. The monoisotopic (exact) mass is 450 g/mol. The molecular weight excluding hydrogens is 423 g/mol. The van der Waals surface area contributed by atoms with Crippen molar-refractivity contribution in [2.24, 2.45) is 5.92 Å². The lowest BCUT2D eigenvalue weighted by Crippen LogP contribution is -2.33. The SMILES string of the molecule is CC1CCCN(Cc2ccc(C(=O)NCCSCc3ccc(Cl)cc3Cl)cc2)C1. The van der Waals surface area contributed by atoms with E-state index in [-0.39, 0.29) is 5.91 Å². The normalized spacial score (nSPS) is 17.3. The van der Waals surface area contributed by atoms with Crippen molar-refractivity contribution in [3.8, 4) is 0 Å². The van der Waals surface area contributed by atoms with Gasteiger partial charge in [0.2, 0.25) is 0 Å². The number of piperidine rings is 1. The summed E-state index contributed by atoms with van der Waals surface area (Å²) in [7, 11) is 0. The standard InChI is InChI=1S/C23H28Cl2N2OS/c1-17-3-2-11-27(14-17)15-18-4-6-19(7-5-18)23(28)26-10-12-29-16-20-8-9-21(24)13-22(20)25/h4-9,13,17H,2-3,10-12,14-16H2,1H3,(H,26,28). The minimum Gasteiger partial charge on any atom is -0.351 e. The molecule has 1 N–H and O–H groups in total. The van der Waals surface area contributed by atoms with E-state index in [1.165, 1.54) is 31.5 Å². The second kappa shape index (κ2) is 11.3. The van der Waals surface area contributed by atoms with Gasteiger partial charge in [0.05, 0.1) is 0 Å². The second-order valence-electron chi connectivity index (χ2n) is 7.72. The third-order valence-electron chi connectivity index (χ3n) is 5.17. The van der Waals surface area contributed by atoms with Crippen LogP contribution in [0.1, 0.15) is 41.3 Å². The first-order valence-electron chi connectivity index (χ1n) is 10.1. The molecule has 2 aromatic carbocycles. The summed E-state index contributed by atoms with van der Waals surface area (Å²) >= 11 is 13.8. The number of carbonyl (C=O) groups excluding carboxylic acids is 1. The quantitative estimate of drug-likeness (QED) is 0.508. The number of amides is 1. The van der Waals surface area contributed by atoms with E-state index in [1.54, 1.807) is 17.8 Å². The van der Waals surface area contributed by atoms with Crippen molar-refractivity contribution in [3.05, 3.63) is 69.2 Å². The lowest BCUT2D eigenvalue weighted by molar-refractivity contribution is 0.0956. The fourth-order valence-electron chi connectivity index (χ4n) is 3.61. The molecule has 2 aromatic rings. The van der Waals surface area contributed by atoms with Crippen molar-refractivity contribution >= 4 is 40.9 Å². The molecule has 0 spiro atoms. The molecule has 0 bridgehead atoms. The lowest BCUT2D eigenvalue weighted by atomic mass is 9.99. The maximum atomic E-state index is 12.3. The fourth-order valence-corrected chi connectivity index (χ4v) is 5.03. The maximum Gasteiger partial charge on any atom is 0.251 e. The van der Waals surface area contributed by atoms with Gasteiger partial charge in [-0.2, -0.15) is 11.8 Å². The average Bonchev–Trinajstić information content (AvgIpc) is 2.69. The minimum absolute atomic E-state index is 0.0201. The Kier molecular flexibility index (Phi) is 8.73. The molecule has 156 valence electrons. The van der Waals surface area contributed by atoms with Gasteiger partial charge in [0.15, 0.2) is 0 Å². The Morgan fingerprint density at radius 3 is 2.72 bits per heavy atom. The molecule has 1 saturated heterocycles. The Hall–Kier alpha value is -1.20. The van der Waals surface area contributed by atoms with Gasteiger partial charge < -0.3 is 5.32 Å². The van der Waals surface area contributed by atoms with Crippen LogP contribution in [0.3, 0.4) is 0 Å². The Morgan fingerprint density at radius 1 is 1.21 bits per heavy atom. The van der Waals surface area contributed by atoms with Crippen molar-refractivity contribution < 1.29 is 4.79 Å². The Balaban J connectivity index is 1.38. The van der Waals surface area contributed by atoms with Gasteiger partial charge >= 0.3 is 0 Å². The number of hydrogen-bond donors (Lipinski definition) is 1. The van der Waals surface area contributed by atoms with Crippen LogP contribution >= 0.6 is 35.0 Å². The van der Waals surface area contributed by atoms with Crippen LogP contribution in [-0.4, -0.2) is 36.2 Å². The summed E-state index contributed by atoms with van der Waals surface area (Å²) in [5, 5.41) is 4.33. The Morgan fingerprint density at radius 2 is 2.00 bits per heavy atom. The molecule has 1 unspecified atom stereocenters. The van der Waals surface area contributed by atoms with E-state index in [0.29, 0.717) is 22.2 Å². The van der Waals surface area contributed by atoms with E-state index >= 15 is 0 Å². The predicted octanol–water partition coefficient (Wildman–Crippen LogP) is 5.89. The molecule has 1 aliphatic heterocycles. The first-order chi connectivity index (χ1) is 14.0. The van der Waals surface area contributed by atoms with Crippen LogP contribution in [-0.2, 0) is 12.3 Å². The number of rotatable bonds is 8. The highest BCUT2D eigenvalue weighted by Gasteiger charge is 2.16. The zero-order valence-electron chi connectivity index (χ0n) is 16.8. The lowest BCUT2D eigenvalue weighted by Gasteiger charge is -2.30. The van der Waals surface area contributed by atoms with Crippen LogP contribution in [0.25, 0.3) is 0 Å². The molecule has 1 atom stereocenters. The predicted molar refractivity (Wildman–Crippen MR) is 125 cm³/mol. The summed E-state index contributed by atoms with van der Waals surface area (Å²) in [6.07, 6.45) is 2.62. The summed E-state index contributed by atoms with van der Waals surface area (Å²) in [6.45, 7) is 6.26. The minimum atomic E-state index is -0.0201. The molecule has 0 aliphatic carbocycles. The van der Waals surface area contributed by atoms with Gasteiger partial charge in [-0.3, -0.25) is 9.69 Å². The number of thioether (sulfide) groups is 1. The molecule has 0 radical (unpaired) electrons. The van der Waals surface area contributed by atoms with Crippen molar-refractivity contribution in [1.82, 2.24) is 10.2 Å². The van der Waals surface area contributed by atoms with Crippen molar-refractivity contribution in [3.63, 3.8) is 0 Å². The van der Waals surface area contributed by atoms with Gasteiger partial charge in [0, 0.05) is 46.7 Å². The molecule has 1 aliphatic rings. The molecule has 0 saturated carbocycles. The summed E-state index contributed by atoms with van der Waals surface area (Å²) in [5.74, 6) is 2.39. The van der Waals surface area contributed by atoms with Crippen LogP contribution in [0.15, 0.2) is 42.5 Å². The third-order valence-corrected chi connectivity index (χ3v) is 6.76. The van der Waals surface area contributed by atoms with Crippen LogP contribution in [0, 0.1) is 5.92 Å². The highest BCUT2D eigenvalue weighted by molar-refractivity contribution is 7.98. The smallest absolute Gasteiger partial charge is 0.251 e. The molecule has 1 amide bonds. The largest absolute Gasteiger partial charge is 0.351 e. The molecular formula is C23H28Cl2N2OS. The number of hydrogen-bond acceptors (Lipinski definition) is 3. The van der Waals surface area contributed by atoms with E-state index in [1.807, 2.05) is 24.3 Å². The fraction of sp³-hybridized carbons (Fsp3) is 0.435. The van der Waals surface area contributed by atoms with Crippen LogP contribution in [0.5, 0.6) is 0 Å². The third kappa shape index (κ3) is 7.21. The summed E-state index contributed by atoms with van der Waals surface area (Å²) in [5.41, 5.74) is 3.05. The Labute approximate surface area is 188 Å². The van der Waals surface area contributed by atoms with Crippen molar-refractivity contribution in [2.75, 3.05) is 25.4 Å². The maximum absolute atomic E-state index is 12.3. The van der Waals surface area contributed by atoms with E-state index in [2.05, 4.69) is 29.3 Å². The number of halogens is 2. The molecule has 1 heterocycles. The van der Waals surface area contributed by atoms with E-state index < -0.39 is 0 Å². The second-order valence-corrected chi connectivity index (χ2v) is 9.67.